The fraction of sp³-hybridized carbons (Fsp3) is 0.800. The zero-order chi connectivity index (χ0) is 7.28. The number of hydrogen-bond acceptors (Lipinski definition) is 3. The van der Waals surface area contributed by atoms with Crippen molar-refractivity contribution in [2.45, 2.75) is 13.8 Å². The van der Waals surface area contributed by atoms with Gasteiger partial charge in [0.1, 0.15) is 0 Å². The van der Waals surface area contributed by atoms with Crippen LogP contribution < -0.4 is 0 Å². The van der Waals surface area contributed by atoms with Crippen LogP contribution in [-0.4, -0.2) is 22.5 Å². The average Bonchev–Trinajstić information content (AvgIpc) is 1.82. The van der Waals surface area contributed by atoms with Gasteiger partial charge < -0.3 is 24.8 Å². The van der Waals surface area contributed by atoms with Crippen molar-refractivity contribution in [1.82, 2.24) is 5.06 Å². The zero-order valence-corrected chi connectivity index (χ0v) is 7.22. The van der Waals surface area contributed by atoms with Crippen LogP contribution >= 0.6 is 12.2 Å². The number of nitrogens with zero attached hydrogens (tertiary/aromatic N) is 1. The molecule has 0 rings (SSSR count). The van der Waals surface area contributed by atoms with E-state index in [-0.39, 0.29) is 0 Å². The highest BCUT2D eigenvalue weighted by molar-refractivity contribution is 8.00. The molecule has 0 amide bonds. The molecule has 2 nitrogen and oxygen atoms in total. The first-order chi connectivity index (χ1) is 4.22. The molecule has 0 radical (unpaired) electrons. The molecule has 0 fully saturated rings. The predicted molar refractivity (Wildman–Crippen MR) is 44.0 cm³/mol. The maximum absolute atomic E-state index is 5.04. The van der Waals surface area contributed by atoms with E-state index >= 15 is 0 Å². The SMILES string of the molecule is CCON(CC)C(=S)[S-]. The van der Waals surface area contributed by atoms with Crippen LogP contribution in [0.4, 0.5) is 0 Å². The van der Waals surface area contributed by atoms with Gasteiger partial charge in [-0.2, -0.15) is 0 Å². The molecule has 0 aromatic heterocycles. The average molecular weight is 164 g/mol. The van der Waals surface area contributed by atoms with Crippen molar-refractivity contribution in [3.8, 4) is 0 Å². The minimum Gasteiger partial charge on any atom is -0.409 e. The van der Waals surface area contributed by atoms with Gasteiger partial charge >= 0.3 is 0 Å². The summed E-state index contributed by atoms with van der Waals surface area (Å²) < 4.78 is 0.374. The van der Waals surface area contributed by atoms with Gasteiger partial charge in [0, 0.05) is 6.54 Å². The third kappa shape index (κ3) is 3.61. The van der Waals surface area contributed by atoms with Gasteiger partial charge in [0.25, 0.3) is 0 Å². The van der Waals surface area contributed by atoms with Crippen LogP contribution in [0.1, 0.15) is 13.8 Å². The van der Waals surface area contributed by atoms with Crippen LogP contribution in [0.3, 0.4) is 0 Å². The maximum atomic E-state index is 5.04. The molecule has 0 aliphatic heterocycles. The van der Waals surface area contributed by atoms with E-state index in [2.05, 4.69) is 0 Å². The first kappa shape index (κ1) is 9.07. The standard InChI is InChI=1S/C5H11NOS2/c1-3-6(5(8)9)7-4-2/h3-4H2,1-2H3,(H,8,9)/p-1. The zero-order valence-electron chi connectivity index (χ0n) is 5.59. The van der Waals surface area contributed by atoms with E-state index in [0.29, 0.717) is 10.9 Å². The Kier molecular flexibility index (Phi) is 4.94. The molecular formula is C5H10NOS2-. The number of thiocarbonyl (C=S) groups is 1. The second kappa shape index (κ2) is 4.90. The number of hydrogen-bond donors (Lipinski definition) is 0. The summed E-state index contributed by atoms with van der Waals surface area (Å²) in [6, 6.07) is 0. The lowest BCUT2D eigenvalue weighted by Crippen LogP contribution is -2.27. The Morgan fingerprint density at radius 3 is 2.33 bits per heavy atom. The fourth-order valence-electron chi connectivity index (χ4n) is 0.429. The molecule has 0 aromatic carbocycles. The lowest BCUT2D eigenvalue weighted by Gasteiger charge is -2.24. The summed E-state index contributed by atoms with van der Waals surface area (Å²) in [4.78, 5) is 5.04. The smallest absolute Gasteiger partial charge is 0.0719 e. The van der Waals surface area contributed by atoms with E-state index in [0.717, 1.165) is 6.54 Å². The lowest BCUT2D eigenvalue weighted by molar-refractivity contribution is -0.0844. The lowest BCUT2D eigenvalue weighted by atomic mass is 10.7. The van der Waals surface area contributed by atoms with E-state index in [1.165, 1.54) is 5.06 Å². The highest BCUT2D eigenvalue weighted by Crippen LogP contribution is 1.90. The molecule has 0 saturated carbocycles. The monoisotopic (exact) mass is 164 g/mol. The summed E-state index contributed by atoms with van der Waals surface area (Å²) in [5, 5.41) is 1.52. The second-order valence-electron chi connectivity index (χ2n) is 1.38. The van der Waals surface area contributed by atoms with Gasteiger partial charge in [-0.05, 0) is 18.2 Å². The molecule has 0 aliphatic rings. The fourth-order valence-corrected chi connectivity index (χ4v) is 0.793. The Labute approximate surface area is 66.5 Å². The molecule has 0 spiro atoms. The molecule has 0 aromatic rings. The van der Waals surface area contributed by atoms with Crippen LogP contribution in [0.25, 0.3) is 0 Å². The highest BCUT2D eigenvalue weighted by atomic mass is 32.1. The largest absolute Gasteiger partial charge is 0.409 e. The van der Waals surface area contributed by atoms with Crippen LogP contribution in [0.5, 0.6) is 0 Å². The van der Waals surface area contributed by atoms with Crippen molar-refractivity contribution in [3.63, 3.8) is 0 Å². The number of hydroxylamine groups is 2. The van der Waals surface area contributed by atoms with E-state index in [9.17, 15) is 0 Å². The summed E-state index contributed by atoms with van der Waals surface area (Å²) in [5.74, 6) is 0. The molecule has 0 N–H and O–H groups in total. The molecule has 0 atom stereocenters. The molecule has 0 unspecified atom stereocenters. The molecular weight excluding hydrogens is 154 g/mol. The highest BCUT2D eigenvalue weighted by Gasteiger charge is 1.92. The van der Waals surface area contributed by atoms with E-state index in [1.807, 2.05) is 13.8 Å². The predicted octanol–water partition coefficient (Wildman–Crippen LogP) is 1.09. The molecule has 0 bridgehead atoms. The van der Waals surface area contributed by atoms with Crippen LogP contribution in [0.2, 0.25) is 0 Å². The topological polar surface area (TPSA) is 12.5 Å². The molecule has 9 heavy (non-hydrogen) atoms. The number of rotatable bonds is 3. The van der Waals surface area contributed by atoms with Crippen molar-refractivity contribution < 1.29 is 4.84 Å². The van der Waals surface area contributed by atoms with Gasteiger partial charge in [-0.15, -0.1) is 0 Å². The Morgan fingerprint density at radius 2 is 2.22 bits per heavy atom. The van der Waals surface area contributed by atoms with Crippen LogP contribution in [-0.2, 0) is 17.5 Å². The molecule has 0 saturated heterocycles. The van der Waals surface area contributed by atoms with Gasteiger partial charge in [-0.3, -0.25) is 9.90 Å². The normalized spacial score (nSPS) is 9.11. The summed E-state index contributed by atoms with van der Waals surface area (Å²) in [5.41, 5.74) is 0. The van der Waals surface area contributed by atoms with Crippen LogP contribution in [0, 0.1) is 0 Å². The van der Waals surface area contributed by atoms with Gasteiger partial charge in [-0.1, -0.05) is 0 Å². The third-order valence-electron chi connectivity index (χ3n) is 0.776. The molecule has 4 heteroatoms. The Bertz CT molecular complexity index is 97.0. The molecule has 0 heterocycles. The van der Waals surface area contributed by atoms with Crippen LogP contribution in [0.15, 0.2) is 0 Å². The summed E-state index contributed by atoms with van der Waals surface area (Å²) in [6.45, 7) is 5.17. The minimum absolute atomic E-state index is 0.374. The summed E-state index contributed by atoms with van der Waals surface area (Å²) in [6.07, 6.45) is 0. The summed E-state index contributed by atoms with van der Waals surface area (Å²) in [7, 11) is 0. The van der Waals surface area contributed by atoms with Crippen molar-refractivity contribution in [2.75, 3.05) is 13.2 Å². The third-order valence-corrected chi connectivity index (χ3v) is 1.18. The van der Waals surface area contributed by atoms with E-state index < -0.39 is 0 Å². The molecule has 54 valence electrons. The molecule has 0 aliphatic carbocycles. The van der Waals surface area contributed by atoms with Gasteiger partial charge in [-0.25, -0.2) is 0 Å². The minimum atomic E-state index is 0.374. The van der Waals surface area contributed by atoms with Crippen molar-refractivity contribution in [2.24, 2.45) is 0 Å². The van der Waals surface area contributed by atoms with E-state index in [1.54, 1.807) is 0 Å². The van der Waals surface area contributed by atoms with Gasteiger partial charge in [0.15, 0.2) is 0 Å². The maximum Gasteiger partial charge on any atom is 0.0719 e. The van der Waals surface area contributed by atoms with Crippen molar-refractivity contribution in [3.05, 3.63) is 0 Å². The van der Waals surface area contributed by atoms with Gasteiger partial charge in [0.05, 0.1) is 6.61 Å². The first-order valence-corrected chi connectivity index (χ1v) is 3.65. The van der Waals surface area contributed by atoms with Gasteiger partial charge in [0.2, 0.25) is 0 Å². The first-order valence-electron chi connectivity index (χ1n) is 2.83. The van der Waals surface area contributed by atoms with Crippen molar-refractivity contribution in [1.29, 1.82) is 0 Å². The Balaban J connectivity index is 3.54. The second-order valence-corrected chi connectivity index (χ2v) is 2.41. The van der Waals surface area contributed by atoms with E-state index in [4.69, 9.17) is 29.7 Å². The Morgan fingerprint density at radius 1 is 1.67 bits per heavy atom. The van der Waals surface area contributed by atoms with Crippen molar-refractivity contribution >= 4 is 29.2 Å². The quantitative estimate of drug-likeness (QED) is 0.351. The Hall–Kier alpha value is 0.0700. The summed E-state index contributed by atoms with van der Waals surface area (Å²) >= 11 is 9.39.